The Morgan fingerprint density at radius 2 is 1.73 bits per heavy atom. The summed E-state index contributed by atoms with van der Waals surface area (Å²) >= 11 is 1.46. The molecule has 0 atom stereocenters. The normalized spacial score (nSPS) is 12.9. The molecule has 0 radical (unpaired) electrons. The van der Waals surface area contributed by atoms with Gasteiger partial charge in [-0.2, -0.15) is 4.31 Å². The molecule has 3 nitrogen and oxygen atoms in total. The fourth-order valence-electron chi connectivity index (χ4n) is 0.981. The lowest BCUT2D eigenvalue weighted by Gasteiger charge is -2.22. The average Bonchev–Trinajstić information content (AvgIpc) is 1.88. The first-order valence-electron chi connectivity index (χ1n) is 3.61. The van der Waals surface area contributed by atoms with Gasteiger partial charge in [-0.3, -0.25) is 0 Å². The van der Waals surface area contributed by atoms with E-state index in [4.69, 9.17) is 0 Å². The van der Waals surface area contributed by atoms with E-state index in [1.165, 1.54) is 25.5 Å². The minimum absolute atomic E-state index is 0.150. The lowest BCUT2D eigenvalue weighted by atomic mass is 10.2. The fourth-order valence-corrected chi connectivity index (χ4v) is 2.60. The summed E-state index contributed by atoms with van der Waals surface area (Å²) in [7, 11) is -1.40. The van der Waals surface area contributed by atoms with Gasteiger partial charge in [-0.25, -0.2) is 8.42 Å². The minimum atomic E-state index is -3.02. The molecule has 0 saturated carbocycles. The molecule has 0 aromatic rings. The number of hydrogen-bond acceptors (Lipinski definition) is 2. The van der Waals surface area contributed by atoms with Crippen LogP contribution in [0.4, 0.5) is 0 Å². The van der Waals surface area contributed by atoms with Crippen LogP contribution in [0.15, 0.2) is 0 Å². The van der Waals surface area contributed by atoms with Gasteiger partial charge in [0, 0.05) is 13.1 Å². The molecule has 0 spiro atoms. The molecule has 0 aromatic heterocycles. The maximum Gasteiger partial charge on any atom is 0.267 e. The van der Waals surface area contributed by atoms with Crippen molar-refractivity contribution in [3.63, 3.8) is 0 Å². The third kappa shape index (κ3) is 3.71. The first-order valence-corrected chi connectivity index (χ1v) is 7.59. The molecule has 0 aromatic carbocycles. The van der Waals surface area contributed by atoms with Crippen molar-refractivity contribution in [3.05, 3.63) is 0 Å². The van der Waals surface area contributed by atoms with Gasteiger partial charge in [0.05, 0.1) is 21.2 Å². The van der Waals surface area contributed by atoms with Crippen LogP contribution in [-0.2, 0) is 7.19 Å². The summed E-state index contributed by atoms with van der Waals surface area (Å²) in [6, 6.07) is 0.150. The van der Waals surface area contributed by atoms with Gasteiger partial charge >= 0.3 is 0 Å². The molecule has 0 unspecified atom stereocenters. The number of nitrogens with zero attached hydrogens (tertiary/aromatic N) is 1. The van der Waals surface area contributed by atoms with Crippen LogP contribution in [0, 0.1) is 0 Å². The Kier molecular flexibility index (Phi) is 4.88. The van der Waals surface area contributed by atoms with E-state index >= 15 is 0 Å². The highest BCUT2D eigenvalue weighted by molar-refractivity contribution is 14.2. The van der Waals surface area contributed by atoms with Gasteiger partial charge in [-0.1, -0.05) is 13.8 Å². The molecule has 68 valence electrons. The largest absolute Gasteiger partial charge is 0.267 e. The smallest absolute Gasteiger partial charge is 0.201 e. The van der Waals surface area contributed by atoms with Crippen molar-refractivity contribution in [1.82, 2.24) is 4.31 Å². The number of rotatable bonds is 4. The molecule has 0 bridgehead atoms. The van der Waals surface area contributed by atoms with Crippen molar-refractivity contribution < 1.29 is 8.42 Å². The van der Waals surface area contributed by atoms with E-state index in [9.17, 15) is 8.42 Å². The zero-order valence-corrected chi connectivity index (χ0v) is 10.0. The highest BCUT2D eigenvalue weighted by atomic mass is 127. The molecule has 5 heteroatoms. The first kappa shape index (κ1) is 11.6. The Balaban J connectivity index is 4.33. The Morgan fingerprint density at radius 1 is 1.36 bits per heavy atom. The SMILES string of the molecule is CCC(CC)N(C)S(=O)(=O)I. The highest BCUT2D eigenvalue weighted by Crippen LogP contribution is 2.15. The molecule has 0 heterocycles. The summed E-state index contributed by atoms with van der Waals surface area (Å²) < 4.78 is 23.4. The van der Waals surface area contributed by atoms with Crippen LogP contribution in [-0.4, -0.2) is 25.8 Å². The van der Waals surface area contributed by atoms with Crippen molar-refractivity contribution >= 4 is 28.4 Å². The summed E-state index contributed by atoms with van der Waals surface area (Å²) in [6.07, 6.45) is 1.74. The molecule has 0 N–H and O–H groups in total. The van der Waals surface area contributed by atoms with E-state index in [-0.39, 0.29) is 6.04 Å². The van der Waals surface area contributed by atoms with E-state index in [0.29, 0.717) is 0 Å². The molecule has 11 heavy (non-hydrogen) atoms. The maximum absolute atomic E-state index is 11.0. The third-order valence-electron chi connectivity index (χ3n) is 1.80. The van der Waals surface area contributed by atoms with Gasteiger partial charge in [-0.15, -0.1) is 0 Å². The second kappa shape index (κ2) is 4.61. The van der Waals surface area contributed by atoms with Crippen LogP contribution >= 0.6 is 21.2 Å². The molecule has 0 rings (SSSR count). The van der Waals surface area contributed by atoms with Crippen molar-refractivity contribution in [2.75, 3.05) is 7.05 Å². The average molecular weight is 291 g/mol. The Labute approximate surface area is 80.8 Å². The molecule has 0 fully saturated rings. The van der Waals surface area contributed by atoms with Crippen molar-refractivity contribution in [2.24, 2.45) is 0 Å². The predicted octanol–water partition coefficient (Wildman–Crippen LogP) is 1.79. The van der Waals surface area contributed by atoms with Crippen LogP contribution in [0.2, 0.25) is 0 Å². The quantitative estimate of drug-likeness (QED) is 0.585. The van der Waals surface area contributed by atoms with Crippen molar-refractivity contribution in [1.29, 1.82) is 0 Å². The third-order valence-corrected chi connectivity index (χ3v) is 4.65. The van der Waals surface area contributed by atoms with Crippen LogP contribution in [0.3, 0.4) is 0 Å². The zero-order valence-electron chi connectivity index (χ0n) is 7.04. The monoisotopic (exact) mass is 291 g/mol. The van der Waals surface area contributed by atoms with Gasteiger partial charge in [0.25, 0.3) is 7.19 Å². The molecule has 0 saturated heterocycles. The van der Waals surface area contributed by atoms with Gasteiger partial charge < -0.3 is 0 Å². The van der Waals surface area contributed by atoms with E-state index in [2.05, 4.69) is 0 Å². The summed E-state index contributed by atoms with van der Waals surface area (Å²) in [4.78, 5) is 0. The van der Waals surface area contributed by atoms with Crippen molar-refractivity contribution in [2.45, 2.75) is 32.7 Å². The van der Waals surface area contributed by atoms with E-state index in [1.807, 2.05) is 13.8 Å². The zero-order chi connectivity index (χ0) is 9.07. The summed E-state index contributed by atoms with van der Waals surface area (Å²) in [6.45, 7) is 3.99. The molecular weight excluding hydrogens is 277 g/mol. The van der Waals surface area contributed by atoms with Crippen LogP contribution in [0.5, 0.6) is 0 Å². The van der Waals surface area contributed by atoms with E-state index < -0.39 is 7.19 Å². The molecule has 0 amide bonds. The summed E-state index contributed by atoms with van der Waals surface area (Å²) in [5.41, 5.74) is 0. The van der Waals surface area contributed by atoms with Gasteiger partial charge in [0.2, 0.25) is 0 Å². The van der Waals surface area contributed by atoms with Crippen LogP contribution in [0.1, 0.15) is 26.7 Å². The van der Waals surface area contributed by atoms with Gasteiger partial charge in [0.1, 0.15) is 0 Å². The maximum atomic E-state index is 11.0. The van der Waals surface area contributed by atoms with Crippen molar-refractivity contribution in [3.8, 4) is 0 Å². The van der Waals surface area contributed by atoms with E-state index in [1.54, 1.807) is 7.05 Å². The van der Waals surface area contributed by atoms with E-state index in [0.717, 1.165) is 12.8 Å². The Bertz CT molecular complexity index is 199. The number of halogens is 1. The fraction of sp³-hybridized carbons (Fsp3) is 1.00. The van der Waals surface area contributed by atoms with Crippen LogP contribution in [0.25, 0.3) is 0 Å². The highest BCUT2D eigenvalue weighted by Gasteiger charge is 2.20. The minimum Gasteiger partial charge on any atom is -0.201 e. The lowest BCUT2D eigenvalue weighted by molar-refractivity contribution is 0.358. The number of hydrogen-bond donors (Lipinski definition) is 0. The Hall–Kier alpha value is 0.640. The Morgan fingerprint density at radius 3 is 1.82 bits per heavy atom. The van der Waals surface area contributed by atoms with Crippen LogP contribution < -0.4 is 0 Å². The van der Waals surface area contributed by atoms with Gasteiger partial charge in [0.15, 0.2) is 0 Å². The second-order valence-electron chi connectivity index (χ2n) is 2.43. The lowest BCUT2D eigenvalue weighted by Crippen LogP contribution is -2.32. The standard InChI is InChI=1S/C6H14INO2S/c1-4-6(5-2)8(3)11(7,9)10/h6H,4-5H2,1-3H3. The molecule has 0 aliphatic rings. The predicted molar refractivity (Wildman–Crippen MR) is 55.1 cm³/mol. The molecule has 0 aliphatic heterocycles. The summed E-state index contributed by atoms with van der Waals surface area (Å²) in [5, 5.41) is 0. The molecule has 0 aliphatic carbocycles. The van der Waals surface area contributed by atoms with Gasteiger partial charge in [-0.05, 0) is 12.8 Å². The second-order valence-corrected chi connectivity index (χ2v) is 7.17. The first-order chi connectivity index (χ1) is 4.93. The molecular formula is C6H14INO2S. The topological polar surface area (TPSA) is 37.4 Å². The summed E-state index contributed by atoms with van der Waals surface area (Å²) in [5.74, 6) is 0.